The largest absolute Gasteiger partial charge is 0.481 e. The van der Waals surface area contributed by atoms with Crippen LogP contribution in [0.1, 0.15) is 59.4 Å². The van der Waals surface area contributed by atoms with E-state index >= 15 is 0 Å². The Hall–Kier alpha value is -7.08. The summed E-state index contributed by atoms with van der Waals surface area (Å²) in [4.78, 5) is 106. The summed E-state index contributed by atoms with van der Waals surface area (Å²) in [5.41, 5.74) is 15.3. The molecule has 6 rings (SSSR count). The van der Waals surface area contributed by atoms with E-state index in [4.69, 9.17) is 21.7 Å². The van der Waals surface area contributed by atoms with E-state index < -0.39 is 72.6 Å². The molecule has 0 aliphatic rings. The molecule has 6 aromatic rings. The van der Waals surface area contributed by atoms with Gasteiger partial charge in [-0.25, -0.2) is 0 Å². The van der Waals surface area contributed by atoms with Crippen molar-refractivity contribution in [1.82, 2.24) is 31.9 Å². The standard InChI is InChI=1S/C54H62N8O10S4/c55-39(29-49(65)66)51(69)61-41(25-33-9-3-1-4-10-33)53(71)59-23-21-57-47(63)15-7-13-37-17-19-43(75-37)35-27-45(73-31-35)46-28-36(32-74-46)44-20-18-38(76-44)14-8-16-48(64)58-22-24-60-54(72)42(26-34-11-5-2-6-12-34)62-52(70)40(56)30-50(67)68/h1-6,9-12,17-20,27-28,31-32,39-42H,7-8,13-16,21-26,29-30,55-56H2,(H,57,63)(H,58,64)(H,59,71)(H,60,72)(H,61,69)(H,62,70)(H,65,66)(H,67,68)/t39-,40-,41-,42-/m0/s1. The Morgan fingerprint density at radius 2 is 0.855 bits per heavy atom. The highest BCUT2D eigenvalue weighted by molar-refractivity contribution is 7.21. The van der Waals surface area contributed by atoms with Crippen molar-refractivity contribution >= 4 is 92.7 Å². The molecule has 12 N–H and O–H groups in total. The molecule has 0 radical (unpaired) electrons. The molecule has 0 fully saturated rings. The maximum Gasteiger partial charge on any atom is 0.305 e. The smallest absolute Gasteiger partial charge is 0.305 e. The minimum Gasteiger partial charge on any atom is -0.481 e. The molecule has 0 unspecified atom stereocenters. The molecule has 2 aromatic carbocycles. The minimum atomic E-state index is -1.31. The number of aryl methyl sites for hydroxylation is 2. The number of nitrogens with one attached hydrogen (secondary N) is 6. The maximum atomic E-state index is 13.1. The maximum absolute atomic E-state index is 13.1. The summed E-state index contributed by atoms with van der Waals surface area (Å²) in [6, 6.07) is 26.4. The molecular weight excluding hydrogens is 1050 g/mol. The first-order valence-corrected chi connectivity index (χ1v) is 28.1. The van der Waals surface area contributed by atoms with Crippen molar-refractivity contribution in [3.05, 3.63) is 129 Å². The van der Waals surface area contributed by atoms with Gasteiger partial charge in [0.15, 0.2) is 0 Å². The summed E-state index contributed by atoms with van der Waals surface area (Å²) in [7, 11) is 0. The summed E-state index contributed by atoms with van der Waals surface area (Å²) in [5, 5.41) is 38.6. The first-order chi connectivity index (χ1) is 36.6. The zero-order chi connectivity index (χ0) is 54.4. The van der Waals surface area contributed by atoms with Crippen LogP contribution < -0.4 is 43.4 Å². The molecule has 4 aromatic heterocycles. The Labute approximate surface area is 456 Å². The molecule has 0 saturated carbocycles. The van der Waals surface area contributed by atoms with Gasteiger partial charge in [-0.15, -0.1) is 45.3 Å². The molecule has 0 aliphatic heterocycles. The second-order valence-electron chi connectivity index (χ2n) is 17.8. The number of nitrogens with two attached hydrogens (primary N) is 2. The number of hydrogen-bond acceptors (Lipinski definition) is 14. The molecule has 0 spiro atoms. The Morgan fingerprint density at radius 1 is 0.474 bits per heavy atom. The van der Waals surface area contributed by atoms with Crippen molar-refractivity contribution < 1.29 is 48.6 Å². The quantitative estimate of drug-likeness (QED) is 0.0254. The van der Waals surface area contributed by atoms with E-state index in [0.717, 1.165) is 44.8 Å². The molecule has 6 amide bonds. The Kier molecular flexibility index (Phi) is 22.9. The highest BCUT2D eigenvalue weighted by atomic mass is 32.1. The second kappa shape index (κ2) is 29.9. The van der Waals surface area contributed by atoms with Gasteiger partial charge in [-0.2, -0.15) is 0 Å². The van der Waals surface area contributed by atoms with Crippen molar-refractivity contribution in [2.24, 2.45) is 11.5 Å². The van der Waals surface area contributed by atoms with Crippen molar-refractivity contribution in [2.75, 3.05) is 26.2 Å². The first kappa shape index (κ1) is 58.2. The summed E-state index contributed by atoms with van der Waals surface area (Å²) < 4.78 is 0. The first-order valence-electron chi connectivity index (χ1n) is 24.7. The lowest BCUT2D eigenvalue weighted by molar-refractivity contribution is -0.140. The van der Waals surface area contributed by atoms with Crippen LogP contribution in [0.3, 0.4) is 0 Å². The zero-order valence-corrected chi connectivity index (χ0v) is 44.8. The normalized spacial score (nSPS) is 12.6. The predicted molar refractivity (Wildman–Crippen MR) is 297 cm³/mol. The van der Waals surface area contributed by atoms with Crippen LogP contribution in [-0.4, -0.2) is 108 Å². The van der Waals surface area contributed by atoms with Crippen molar-refractivity contribution in [3.8, 4) is 30.6 Å². The van der Waals surface area contributed by atoms with E-state index in [1.807, 2.05) is 60.7 Å². The summed E-state index contributed by atoms with van der Waals surface area (Å²) >= 11 is 6.79. The van der Waals surface area contributed by atoms with Gasteiger partial charge >= 0.3 is 11.9 Å². The Bertz CT molecular complexity index is 2710. The molecular formula is C54H62N8O10S4. The number of hydrogen-bond donors (Lipinski definition) is 10. The van der Waals surface area contributed by atoms with E-state index in [0.29, 0.717) is 25.7 Å². The number of amides is 6. The highest BCUT2D eigenvalue weighted by Gasteiger charge is 2.27. The summed E-state index contributed by atoms with van der Waals surface area (Å²) in [5.74, 6) is -5.18. The van der Waals surface area contributed by atoms with Crippen LogP contribution in [0.2, 0.25) is 0 Å². The van der Waals surface area contributed by atoms with Crippen LogP contribution >= 0.6 is 45.3 Å². The number of rotatable bonds is 31. The molecule has 0 aliphatic carbocycles. The summed E-state index contributed by atoms with van der Waals surface area (Å²) in [6.07, 6.45) is 2.60. The lowest BCUT2D eigenvalue weighted by Crippen LogP contribution is -2.53. The van der Waals surface area contributed by atoms with Crippen LogP contribution in [0, 0.1) is 0 Å². The SMILES string of the molecule is N[C@@H](CC(=O)O)C(=O)N[C@@H](Cc1ccccc1)C(=O)NCCNC(=O)CCCc1ccc(-c2csc(-c3cc(-c4ccc(CCCC(=O)NCCNC(=O)[C@H](Cc5ccccc5)NC(=O)[C@@H](N)CC(=O)O)s4)cs3)c2)s1. The predicted octanol–water partition coefficient (Wildman–Crippen LogP) is 5.10. The number of carboxylic acids is 2. The van der Waals surface area contributed by atoms with Crippen molar-refractivity contribution in [2.45, 2.75) is 88.4 Å². The average Bonchev–Trinajstić information content (AvgIpc) is 4.25. The molecule has 4 heterocycles. The zero-order valence-electron chi connectivity index (χ0n) is 41.5. The van der Waals surface area contributed by atoms with Gasteiger partial charge in [0.2, 0.25) is 35.4 Å². The average molecular weight is 1110 g/mol. The van der Waals surface area contributed by atoms with E-state index in [9.17, 15) is 38.4 Å². The van der Waals surface area contributed by atoms with Gasteiger partial charge in [-0.3, -0.25) is 38.4 Å². The third-order valence-corrected chi connectivity index (χ3v) is 16.2. The highest BCUT2D eigenvalue weighted by Crippen LogP contribution is 2.41. The fraction of sp³-hybridized carbons (Fsp3) is 0.333. The number of benzene rings is 2. The minimum absolute atomic E-state index is 0.133. The number of aliphatic carboxylic acids is 2. The van der Waals surface area contributed by atoms with Gasteiger partial charge in [-0.1, -0.05) is 60.7 Å². The molecule has 76 heavy (non-hydrogen) atoms. The number of thiophene rings is 4. The third kappa shape index (κ3) is 19.2. The van der Waals surface area contributed by atoms with E-state index in [-0.39, 0.29) is 50.8 Å². The topological polar surface area (TPSA) is 301 Å². The number of carbonyl (C=O) groups is 8. The Morgan fingerprint density at radius 3 is 1.24 bits per heavy atom. The van der Waals surface area contributed by atoms with Crippen LogP contribution in [0.4, 0.5) is 0 Å². The van der Waals surface area contributed by atoms with Gasteiger partial charge in [0.05, 0.1) is 24.9 Å². The third-order valence-electron chi connectivity index (χ3n) is 11.8. The molecule has 18 nitrogen and oxygen atoms in total. The monoisotopic (exact) mass is 1110 g/mol. The van der Waals surface area contributed by atoms with E-state index in [2.05, 4.69) is 79.1 Å². The van der Waals surface area contributed by atoms with Gasteiger partial charge in [-0.05, 0) is 73.2 Å². The fourth-order valence-electron chi connectivity index (χ4n) is 7.81. The summed E-state index contributed by atoms with van der Waals surface area (Å²) in [6.45, 7) is 0.652. The van der Waals surface area contributed by atoms with Gasteiger partial charge in [0.1, 0.15) is 12.1 Å². The van der Waals surface area contributed by atoms with Gasteiger partial charge in [0.25, 0.3) is 0 Å². The van der Waals surface area contributed by atoms with Gasteiger partial charge in [0, 0.05) is 103 Å². The Balaban J connectivity index is 0.869. The van der Waals surface area contributed by atoms with Crippen LogP contribution in [-0.2, 0) is 64.0 Å². The van der Waals surface area contributed by atoms with Crippen molar-refractivity contribution in [1.29, 1.82) is 0 Å². The van der Waals surface area contributed by atoms with Crippen LogP contribution in [0.25, 0.3) is 30.6 Å². The molecule has 22 heteroatoms. The molecule has 4 atom stereocenters. The van der Waals surface area contributed by atoms with Crippen LogP contribution in [0.15, 0.2) is 108 Å². The van der Waals surface area contributed by atoms with Crippen molar-refractivity contribution in [3.63, 3.8) is 0 Å². The molecule has 0 saturated heterocycles. The lowest BCUT2D eigenvalue weighted by Gasteiger charge is -2.20. The number of carbonyl (C=O) groups excluding carboxylic acids is 6. The lowest BCUT2D eigenvalue weighted by atomic mass is 10.0. The van der Waals surface area contributed by atoms with Gasteiger partial charge < -0.3 is 53.6 Å². The number of carboxylic acid groups (broad SMARTS) is 2. The second-order valence-corrected chi connectivity index (χ2v) is 22.0. The van der Waals surface area contributed by atoms with Crippen LogP contribution in [0.5, 0.6) is 0 Å². The fourth-order valence-corrected chi connectivity index (χ4v) is 12.0. The molecule has 402 valence electrons. The molecule has 0 bridgehead atoms. The van der Waals surface area contributed by atoms with E-state index in [1.54, 1.807) is 45.3 Å². The van der Waals surface area contributed by atoms with E-state index in [1.165, 1.54) is 19.5 Å².